The van der Waals surface area contributed by atoms with Gasteiger partial charge >= 0.3 is 0 Å². The molecule has 0 radical (unpaired) electrons. The Kier molecular flexibility index (Phi) is 3.93. The molecule has 126 valence electrons. The summed E-state index contributed by atoms with van der Waals surface area (Å²) < 4.78 is 1.75. The Morgan fingerprint density at radius 3 is 2.72 bits per heavy atom. The first-order valence-corrected chi connectivity index (χ1v) is 8.09. The SMILES string of the molecule is Cn1cc(-c2ncnc3c2CCN(C(=O)c2cnccn2)CC3)cn1. The number of rotatable bonds is 2. The van der Waals surface area contributed by atoms with Crippen molar-refractivity contribution >= 4 is 5.91 Å². The van der Waals surface area contributed by atoms with Crippen molar-refractivity contribution in [2.24, 2.45) is 7.05 Å². The molecule has 0 fully saturated rings. The maximum absolute atomic E-state index is 12.6. The third-order valence-corrected chi connectivity index (χ3v) is 4.33. The van der Waals surface area contributed by atoms with Gasteiger partial charge in [0.25, 0.3) is 5.91 Å². The van der Waals surface area contributed by atoms with Crippen molar-refractivity contribution in [1.29, 1.82) is 0 Å². The van der Waals surface area contributed by atoms with E-state index in [1.165, 1.54) is 12.4 Å². The van der Waals surface area contributed by atoms with Crippen molar-refractivity contribution in [3.8, 4) is 11.3 Å². The molecule has 4 heterocycles. The lowest BCUT2D eigenvalue weighted by Crippen LogP contribution is -2.33. The van der Waals surface area contributed by atoms with Gasteiger partial charge in [-0.1, -0.05) is 0 Å². The van der Waals surface area contributed by atoms with Crippen LogP contribution in [0.25, 0.3) is 11.3 Å². The first-order chi connectivity index (χ1) is 12.2. The number of carbonyl (C=O) groups excluding carboxylic acids is 1. The predicted octanol–water partition coefficient (Wildman–Crippen LogP) is 0.908. The van der Waals surface area contributed by atoms with E-state index in [0.29, 0.717) is 31.6 Å². The average molecular weight is 335 g/mol. The van der Waals surface area contributed by atoms with Crippen LogP contribution in [0.15, 0.2) is 37.3 Å². The van der Waals surface area contributed by atoms with Gasteiger partial charge in [0.1, 0.15) is 12.0 Å². The van der Waals surface area contributed by atoms with Gasteiger partial charge in [-0.25, -0.2) is 15.0 Å². The minimum absolute atomic E-state index is 0.100. The fourth-order valence-corrected chi connectivity index (χ4v) is 3.09. The lowest BCUT2D eigenvalue weighted by Gasteiger charge is -2.19. The van der Waals surface area contributed by atoms with Crippen molar-refractivity contribution in [2.75, 3.05) is 13.1 Å². The topological polar surface area (TPSA) is 89.7 Å². The highest BCUT2D eigenvalue weighted by Crippen LogP contribution is 2.25. The molecule has 4 rings (SSSR count). The molecule has 0 atom stereocenters. The Morgan fingerprint density at radius 1 is 1.08 bits per heavy atom. The summed E-state index contributed by atoms with van der Waals surface area (Å²) in [5.41, 5.74) is 4.31. The molecular weight excluding hydrogens is 318 g/mol. The largest absolute Gasteiger partial charge is 0.337 e. The second-order valence-electron chi connectivity index (χ2n) is 5.93. The van der Waals surface area contributed by atoms with Gasteiger partial charge in [-0.15, -0.1) is 0 Å². The molecule has 0 N–H and O–H groups in total. The maximum Gasteiger partial charge on any atom is 0.274 e. The molecule has 1 amide bonds. The Bertz CT molecular complexity index is 906. The van der Waals surface area contributed by atoms with E-state index in [0.717, 1.165) is 22.5 Å². The Balaban J connectivity index is 1.61. The smallest absolute Gasteiger partial charge is 0.274 e. The van der Waals surface area contributed by atoms with Gasteiger partial charge in [0, 0.05) is 62.0 Å². The predicted molar refractivity (Wildman–Crippen MR) is 89.6 cm³/mol. The van der Waals surface area contributed by atoms with Crippen LogP contribution in [-0.4, -0.2) is 53.6 Å². The molecule has 0 unspecified atom stereocenters. The lowest BCUT2D eigenvalue weighted by atomic mass is 10.0. The number of aryl methyl sites for hydroxylation is 1. The molecule has 1 aliphatic heterocycles. The molecule has 8 nitrogen and oxygen atoms in total. The van der Waals surface area contributed by atoms with Crippen molar-refractivity contribution in [3.05, 3.63) is 54.3 Å². The second kappa shape index (κ2) is 6.39. The number of aromatic nitrogens is 6. The van der Waals surface area contributed by atoms with Gasteiger partial charge in [-0.2, -0.15) is 5.10 Å². The van der Waals surface area contributed by atoms with Crippen LogP contribution in [-0.2, 0) is 19.9 Å². The highest BCUT2D eigenvalue weighted by Gasteiger charge is 2.24. The monoisotopic (exact) mass is 335 g/mol. The number of carbonyl (C=O) groups is 1. The van der Waals surface area contributed by atoms with Crippen LogP contribution in [0.2, 0.25) is 0 Å². The molecule has 0 bridgehead atoms. The third-order valence-electron chi connectivity index (χ3n) is 4.33. The first-order valence-electron chi connectivity index (χ1n) is 8.09. The fraction of sp³-hybridized carbons (Fsp3) is 0.294. The summed E-state index contributed by atoms with van der Waals surface area (Å²) in [5, 5.41) is 4.22. The minimum Gasteiger partial charge on any atom is -0.337 e. The number of fused-ring (bicyclic) bond motifs is 1. The van der Waals surface area contributed by atoms with E-state index in [1.54, 1.807) is 28.3 Å². The highest BCUT2D eigenvalue weighted by molar-refractivity contribution is 5.92. The van der Waals surface area contributed by atoms with Gasteiger partial charge in [0.2, 0.25) is 0 Å². The molecule has 0 aromatic carbocycles. The van der Waals surface area contributed by atoms with Gasteiger partial charge in [0.15, 0.2) is 0 Å². The van der Waals surface area contributed by atoms with E-state index in [4.69, 9.17) is 0 Å². The minimum atomic E-state index is -0.100. The summed E-state index contributed by atoms with van der Waals surface area (Å²) in [6, 6.07) is 0. The van der Waals surface area contributed by atoms with Crippen LogP contribution >= 0.6 is 0 Å². The van der Waals surface area contributed by atoms with Crippen molar-refractivity contribution < 1.29 is 4.79 Å². The van der Waals surface area contributed by atoms with Crippen molar-refractivity contribution in [1.82, 2.24) is 34.6 Å². The Hall–Kier alpha value is -3.16. The molecular formula is C17H17N7O. The molecule has 0 saturated carbocycles. The van der Waals surface area contributed by atoms with E-state index in [-0.39, 0.29) is 5.91 Å². The molecule has 3 aromatic heterocycles. The quantitative estimate of drug-likeness (QED) is 0.691. The molecule has 8 heteroatoms. The van der Waals surface area contributed by atoms with Crippen molar-refractivity contribution in [3.63, 3.8) is 0 Å². The van der Waals surface area contributed by atoms with Crippen LogP contribution in [0, 0.1) is 0 Å². The van der Waals surface area contributed by atoms with Crippen LogP contribution in [0.5, 0.6) is 0 Å². The molecule has 1 aliphatic rings. The van der Waals surface area contributed by atoms with E-state index in [9.17, 15) is 4.79 Å². The van der Waals surface area contributed by atoms with Gasteiger partial charge in [-0.05, 0) is 6.42 Å². The van der Waals surface area contributed by atoms with Crippen LogP contribution in [0.1, 0.15) is 21.7 Å². The molecule has 0 aliphatic carbocycles. The average Bonchev–Trinajstić information content (AvgIpc) is 2.96. The lowest BCUT2D eigenvalue weighted by molar-refractivity contribution is 0.0756. The zero-order valence-corrected chi connectivity index (χ0v) is 13.8. The summed E-state index contributed by atoms with van der Waals surface area (Å²) in [6.45, 7) is 1.20. The van der Waals surface area contributed by atoms with Gasteiger partial charge in [0.05, 0.1) is 18.1 Å². The standard InChI is InChI=1S/C17H17N7O/c1-23-10-12(8-22-23)16-13-2-6-24(7-3-14(13)20-11-21-16)17(25)15-9-18-4-5-19-15/h4-5,8-11H,2-3,6-7H2,1H3. The molecule has 0 saturated heterocycles. The van der Waals surface area contributed by atoms with Gasteiger partial charge in [-0.3, -0.25) is 14.5 Å². The Labute approximate surface area is 144 Å². The summed E-state index contributed by atoms with van der Waals surface area (Å²) in [6.07, 6.45) is 11.3. The number of amides is 1. The number of nitrogens with zero attached hydrogens (tertiary/aromatic N) is 7. The first kappa shape index (κ1) is 15.4. The normalized spacial score (nSPS) is 14.0. The summed E-state index contributed by atoms with van der Waals surface area (Å²) in [5.74, 6) is -0.100. The van der Waals surface area contributed by atoms with E-state index in [1.807, 2.05) is 13.2 Å². The second-order valence-corrected chi connectivity index (χ2v) is 5.93. The zero-order valence-electron chi connectivity index (χ0n) is 13.8. The highest BCUT2D eigenvalue weighted by atomic mass is 16.2. The van der Waals surface area contributed by atoms with Crippen LogP contribution < -0.4 is 0 Å². The third kappa shape index (κ3) is 2.98. The van der Waals surface area contributed by atoms with Gasteiger partial charge < -0.3 is 4.90 Å². The Morgan fingerprint density at radius 2 is 1.96 bits per heavy atom. The summed E-state index contributed by atoms with van der Waals surface area (Å²) >= 11 is 0. The zero-order chi connectivity index (χ0) is 17.2. The molecule has 25 heavy (non-hydrogen) atoms. The summed E-state index contributed by atoms with van der Waals surface area (Å²) in [4.78, 5) is 31.4. The van der Waals surface area contributed by atoms with Crippen LogP contribution in [0.3, 0.4) is 0 Å². The van der Waals surface area contributed by atoms with E-state index in [2.05, 4.69) is 25.0 Å². The van der Waals surface area contributed by atoms with E-state index < -0.39 is 0 Å². The fourth-order valence-electron chi connectivity index (χ4n) is 3.09. The molecule has 3 aromatic rings. The van der Waals surface area contributed by atoms with E-state index >= 15 is 0 Å². The maximum atomic E-state index is 12.6. The van der Waals surface area contributed by atoms with Crippen molar-refractivity contribution in [2.45, 2.75) is 12.8 Å². The summed E-state index contributed by atoms with van der Waals surface area (Å²) in [7, 11) is 1.88. The molecule has 0 spiro atoms. The number of hydrogen-bond acceptors (Lipinski definition) is 6. The number of hydrogen-bond donors (Lipinski definition) is 0. The van der Waals surface area contributed by atoms with Crippen LogP contribution in [0.4, 0.5) is 0 Å².